The number of aryl methyl sites for hydroxylation is 1. The maximum absolute atomic E-state index is 5.92. The quantitative estimate of drug-likeness (QED) is 0.350. The second-order valence-electron chi connectivity index (χ2n) is 5.18. The third kappa shape index (κ3) is 5.85. The molecule has 124 valence electrons. The smallest absolute Gasteiger partial charge is 0.187 e. The van der Waals surface area contributed by atoms with Crippen molar-refractivity contribution >= 4 is 23.5 Å². The van der Waals surface area contributed by atoms with Crippen LogP contribution in [0.1, 0.15) is 16.7 Å². The fourth-order valence-electron chi connectivity index (χ4n) is 2.05. The van der Waals surface area contributed by atoms with E-state index in [-0.39, 0.29) is 0 Å². The van der Waals surface area contributed by atoms with Crippen molar-refractivity contribution < 1.29 is 4.74 Å². The van der Waals surface area contributed by atoms with E-state index in [0.29, 0.717) is 18.3 Å². The highest BCUT2D eigenvalue weighted by atomic mass is 32.1. The van der Waals surface area contributed by atoms with Gasteiger partial charge >= 0.3 is 0 Å². The lowest BCUT2D eigenvalue weighted by molar-refractivity contribution is 0.305. The summed E-state index contributed by atoms with van der Waals surface area (Å²) in [5.74, 6) is 0.773. The van der Waals surface area contributed by atoms with Gasteiger partial charge < -0.3 is 10.1 Å². The first-order valence-electron chi connectivity index (χ1n) is 7.64. The van der Waals surface area contributed by atoms with E-state index in [4.69, 9.17) is 17.0 Å². The molecule has 2 N–H and O–H groups in total. The Morgan fingerprint density at radius 1 is 1.25 bits per heavy atom. The SMILES string of the molecule is C=CCNC(=S)N/N=C\c1ccccc1OCc1cccc(C)c1. The van der Waals surface area contributed by atoms with E-state index in [1.54, 1.807) is 12.3 Å². The van der Waals surface area contributed by atoms with Gasteiger partial charge in [0.15, 0.2) is 5.11 Å². The van der Waals surface area contributed by atoms with Crippen molar-refractivity contribution in [1.82, 2.24) is 10.7 Å². The highest BCUT2D eigenvalue weighted by Gasteiger charge is 2.02. The van der Waals surface area contributed by atoms with Gasteiger partial charge in [0.2, 0.25) is 0 Å². The molecular weight excluding hydrogens is 318 g/mol. The molecule has 24 heavy (non-hydrogen) atoms. The number of nitrogens with one attached hydrogen (secondary N) is 2. The molecule has 2 aromatic carbocycles. The molecule has 0 spiro atoms. The van der Waals surface area contributed by atoms with Gasteiger partial charge in [-0.05, 0) is 36.8 Å². The van der Waals surface area contributed by atoms with Crippen LogP contribution in [0.4, 0.5) is 0 Å². The number of hydrogen-bond donors (Lipinski definition) is 2. The van der Waals surface area contributed by atoms with Crippen LogP contribution in [0, 0.1) is 6.92 Å². The number of benzene rings is 2. The minimum absolute atomic E-state index is 0.448. The second kappa shape index (κ2) is 9.47. The molecule has 2 aromatic rings. The van der Waals surface area contributed by atoms with E-state index in [1.165, 1.54) is 5.56 Å². The summed E-state index contributed by atoms with van der Waals surface area (Å²) in [5, 5.41) is 7.52. The van der Waals surface area contributed by atoms with Crippen LogP contribution in [0.15, 0.2) is 66.3 Å². The van der Waals surface area contributed by atoms with Gasteiger partial charge in [-0.15, -0.1) is 6.58 Å². The Kier molecular flexibility index (Phi) is 6.98. The molecular formula is C19H21N3OS. The van der Waals surface area contributed by atoms with Crippen LogP contribution in [-0.2, 0) is 6.61 Å². The average molecular weight is 339 g/mol. The summed E-state index contributed by atoms with van der Waals surface area (Å²) in [6.45, 7) is 6.79. The molecule has 0 aliphatic carbocycles. The van der Waals surface area contributed by atoms with Crippen LogP contribution < -0.4 is 15.5 Å². The fraction of sp³-hybridized carbons (Fsp3) is 0.158. The van der Waals surface area contributed by atoms with Crippen LogP contribution in [0.2, 0.25) is 0 Å². The Morgan fingerprint density at radius 2 is 2.08 bits per heavy atom. The summed E-state index contributed by atoms with van der Waals surface area (Å²) in [6.07, 6.45) is 3.42. The summed E-state index contributed by atoms with van der Waals surface area (Å²) in [7, 11) is 0. The highest BCUT2D eigenvalue weighted by molar-refractivity contribution is 7.80. The van der Waals surface area contributed by atoms with Crippen LogP contribution >= 0.6 is 12.2 Å². The van der Waals surface area contributed by atoms with E-state index in [2.05, 4.69) is 47.5 Å². The van der Waals surface area contributed by atoms with Crippen molar-refractivity contribution in [3.8, 4) is 5.75 Å². The summed E-state index contributed by atoms with van der Waals surface area (Å²) in [6, 6.07) is 16.0. The standard InChI is InChI=1S/C19H21N3OS/c1-3-11-20-19(24)22-21-13-17-9-4-5-10-18(17)23-14-16-8-6-7-15(2)12-16/h3-10,12-13H,1,11,14H2,2H3,(H2,20,22,24)/b21-13-. The Balaban J connectivity index is 1.96. The number of nitrogens with zero attached hydrogens (tertiary/aromatic N) is 1. The molecule has 0 saturated heterocycles. The van der Waals surface area contributed by atoms with Crippen LogP contribution in [0.25, 0.3) is 0 Å². The van der Waals surface area contributed by atoms with Crippen molar-refractivity contribution in [2.45, 2.75) is 13.5 Å². The molecule has 0 amide bonds. The summed E-state index contributed by atoms with van der Waals surface area (Å²) < 4.78 is 5.92. The van der Waals surface area contributed by atoms with Crippen molar-refractivity contribution in [2.24, 2.45) is 5.10 Å². The van der Waals surface area contributed by atoms with Gasteiger partial charge in [-0.25, -0.2) is 0 Å². The molecule has 0 bridgehead atoms. The van der Waals surface area contributed by atoms with Gasteiger partial charge in [-0.3, -0.25) is 5.43 Å². The van der Waals surface area contributed by atoms with Gasteiger partial charge in [0.1, 0.15) is 12.4 Å². The number of hydrazone groups is 1. The molecule has 2 rings (SSSR count). The Hall–Kier alpha value is -2.66. The molecule has 0 aromatic heterocycles. The number of thiocarbonyl (C=S) groups is 1. The Labute approximate surface area is 148 Å². The normalized spacial score (nSPS) is 10.4. The molecule has 0 aliphatic heterocycles. The van der Waals surface area contributed by atoms with Gasteiger partial charge in [-0.2, -0.15) is 5.10 Å². The lowest BCUT2D eigenvalue weighted by atomic mass is 10.1. The van der Waals surface area contributed by atoms with Crippen molar-refractivity contribution in [3.63, 3.8) is 0 Å². The van der Waals surface area contributed by atoms with E-state index >= 15 is 0 Å². The summed E-state index contributed by atoms with van der Waals surface area (Å²) in [5.41, 5.74) is 5.99. The molecule has 0 fully saturated rings. The maximum atomic E-state index is 5.92. The molecule has 0 atom stereocenters. The topological polar surface area (TPSA) is 45.7 Å². The zero-order valence-corrected chi connectivity index (χ0v) is 14.5. The van der Waals surface area contributed by atoms with Gasteiger partial charge in [0, 0.05) is 12.1 Å². The summed E-state index contributed by atoms with van der Waals surface area (Å²) in [4.78, 5) is 0. The van der Waals surface area contributed by atoms with E-state index in [0.717, 1.165) is 16.9 Å². The number of ether oxygens (including phenoxy) is 1. The van der Waals surface area contributed by atoms with Crippen molar-refractivity contribution in [2.75, 3.05) is 6.54 Å². The van der Waals surface area contributed by atoms with Crippen LogP contribution in [0.5, 0.6) is 5.75 Å². The zero-order chi connectivity index (χ0) is 17.2. The first-order chi connectivity index (χ1) is 11.7. The minimum Gasteiger partial charge on any atom is -0.488 e. The minimum atomic E-state index is 0.448. The second-order valence-corrected chi connectivity index (χ2v) is 5.59. The molecule has 5 heteroatoms. The van der Waals surface area contributed by atoms with Crippen molar-refractivity contribution in [1.29, 1.82) is 0 Å². The van der Waals surface area contributed by atoms with E-state index in [9.17, 15) is 0 Å². The lowest BCUT2D eigenvalue weighted by Gasteiger charge is -2.09. The highest BCUT2D eigenvalue weighted by Crippen LogP contribution is 2.17. The van der Waals surface area contributed by atoms with Gasteiger partial charge in [0.05, 0.1) is 6.21 Å². The third-order valence-electron chi connectivity index (χ3n) is 3.17. The van der Waals surface area contributed by atoms with Crippen LogP contribution in [-0.4, -0.2) is 17.9 Å². The predicted molar refractivity (Wildman–Crippen MR) is 103 cm³/mol. The number of para-hydroxylation sites is 1. The van der Waals surface area contributed by atoms with Gasteiger partial charge in [0.25, 0.3) is 0 Å². The first kappa shape index (κ1) is 17.7. The fourth-order valence-corrected chi connectivity index (χ4v) is 2.18. The van der Waals surface area contributed by atoms with Gasteiger partial charge in [-0.1, -0.05) is 48.0 Å². The zero-order valence-electron chi connectivity index (χ0n) is 13.7. The summed E-state index contributed by atoms with van der Waals surface area (Å²) >= 11 is 5.08. The molecule has 0 radical (unpaired) electrons. The Bertz CT molecular complexity index is 728. The van der Waals surface area contributed by atoms with Crippen molar-refractivity contribution in [3.05, 3.63) is 77.9 Å². The monoisotopic (exact) mass is 339 g/mol. The van der Waals surface area contributed by atoms with E-state index in [1.807, 2.05) is 30.3 Å². The molecule has 4 nitrogen and oxygen atoms in total. The maximum Gasteiger partial charge on any atom is 0.187 e. The predicted octanol–water partition coefficient (Wildman–Crippen LogP) is 3.56. The van der Waals surface area contributed by atoms with E-state index < -0.39 is 0 Å². The Morgan fingerprint density at radius 3 is 2.88 bits per heavy atom. The first-order valence-corrected chi connectivity index (χ1v) is 8.05. The molecule has 0 heterocycles. The van der Waals surface area contributed by atoms with Crippen LogP contribution in [0.3, 0.4) is 0 Å². The largest absolute Gasteiger partial charge is 0.488 e. The molecule has 0 saturated carbocycles. The third-order valence-corrected chi connectivity index (χ3v) is 3.41. The average Bonchev–Trinajstić information content (AvgIpc) is 2.59. The number of hydrogen-bond acceptors (Lipinski definition) is 3. The lowest BCUT2D eigenvalue weighted by Crippen LogP contribution is -2.31. The molecule has 0 aliphatic rings. The number of rotatable bonds is 7. The molecule has 0 unspecified atom stereocenters.